The van der Waals surface area contributed by atoms with Crippen molar-refractivity contribution in [3.63, 3.8) is 0 Å². The lowest BCUT2D eigenvalue weighted by Gasteiger charge is -2.26. The third kappa shape index (κ3) is 2.02. The Hall–Kier alpha value is -1.17. The number of nitrogens with zero attached hydrogens (tertiary/aromatic N) is 3. The summed E-state index contributed by atoms with van der Waals surface area (Å²) in [6.45, 7) is 0. The fraction of sp³-hybridized carbons (Fsp3) is 0.600. The first-order valence-electron chi connectivity index (χ1n) is 5.19. The van der Waals surface area contributed by atoms with Crippen molar-refractivity contribution >= 4 is 23.4 Å². The maximum atomic E-state index is 5.76. The molecule has 1 unspecified atom stereocenters. The summed E-state index contributed by atoms with van der Waals surface area (Å²) in [6.07, 6.45) is 2.65. The Balaban J connectivity index is 2.27. The molecule has 0 aliphatic carbocycles. The number of hydrogen-bond donors (Lipinski definition) is 1. The van der Waals surface area contributed by atoms with Gasteiger partial charge in [-0.15, -0.1) is 0 Å². The first kappa shape index (κ1) is 11.3. The Bertz CT molecular complexity index is 368. The quantitative estimate of drug-likeness (QED) is 0.850. The number of methoxy groups -OCH3 is 1. The second kappa shape index (κ2) is 4.78. The summed E-state index contributed by atoms with van der Waals surface area (Å²) in [5, 5.41) is 0. The molecule has 88 valence electrons. The fourth-order valence-corrected chi connectivity index (χ4v) is 3.09. The zero-order valence-electron chi connectivity index (χ0n) is 9.51. The molecule has 1 aromatic rings. The summed E-state index contributed by atoms with van der Waals surface area (Å²) in [4.78, 5) is 10.3. The molecule has 0 amide bonds. The molecule has 1 fully saturated rings. The molecule has 16 heavy (non-hydrogen) atoms. The SMILES string of the molecule is COc1c(N)ncnc1N(C)C1CCSC1. The summed E-state index contributed by atoms with van der Waals surface area (Å²) in [5.41, 5.74) is 5.76. The third-order valence-electron chi connectivity index (χ3n) is 2.80. The fourth-order valence-electron chi connectivity index (χ4n) is 1.83. The van der Waals surface area contributed by atoms with Crippen LogP contribution in [0.1, 0.15) is 6.42 Å². The second-order valence-electron chi connectivity index (χ2n) is 3.74. The average molecular weight is 240 g/mol. The molecule has 1 aliphatic heterocycles. The highest BCUT2D eigenvalue weighted by atomic mass is 32.2. The Kier molecular flexibility index (Phi) is 3.38. The zero-order valence-corrected chi connectivity index (χ0v) is 10.3. The normalized spacial score (nSPS) is 19.8. The van der Waals surface area contributed by atoms with Gasteiger partial charge in [-0.3, -0.25) is 0 Å². The van der Waals surface area contributed by atoms with Gasteiger partial charge in [0.25, 0.3) is 0 Å². The monoisotopic (exact) mass is 240 g/mol. The van der Waals surface area contributed by atoms with Gasteiger partial charge in [-0.2, -0.15) is 11.8 Å². The predicted octanol–water partition coefficient (Wildman–Crippen LogP) is 1.01. The zero-order chi connectivity index (χ0) is 11.5. The van der Waals surface area contributed by atoms with E-state index in [0.717, 1.165) is 11.6 Å². The summed E-state index contributed by atoms with van der Waals surface area (Å²) in [7, 11) is 3.62. The van der Waals surface area contributed by atoms with Crippen molar-refractivity contribution < 1.29 is 4.74 Å². The minimum absolute atomic E-state index is 0.394. The van der Waals surface area contributed by atoms with Crippen molar-refractivity contribution in [3.05, 3.63) is 6.33 Å². The number of ether oxygens (including phenoxy) is 1. The van der Waals surface area contributed by atoms with Gasteiger partial charge in [0, 0.05) is 18.8 Å². The van der Waals surface area contributed by atoms with Crippen LogP contribution in [0.2, 0.25) is 0 Å². The highest BCUT2D eigenvalue weighted by Gasteiger charge is 2.24. The standard InChI is InChI=1S/C10H16N4OS/c1-14(7-3-4-16-5-7)10-8(15-2)9(11)12-6-13-10/h6-7H,3-5H2,1-2H3,(H2,11,12,13). The van der Waals surface area contributed by atoms with Crippen LogP contribution < -0.4 is 15.4 Å². The second-order valence-corrected chi connectivity index (χ2v) is 4.89. The predicted molar refractivity (Wildman–Crippen MR) is 67.1 cm³/mol. The van der Waals surface area contributed by atoms with E-state index in [2.05, 4.69) is 14.9 Å². The molecule has 1 saturated heterocycles. The number of thioether (sulfide) groups is 1. The van der Waals surface area contributed by atoms with Crippen LogP contribution in [0.4, 0.5) is 11.6 Å². The van der Waals surface area contributed by atoms with Crippen LogP contribution in [0.5, 0.6) is 5.75 Å². The van der Waals surface area contributed by atoms with Crippen LogP contribution in [0.3, 0.4) is 0 Å². The molecular formula is C10H16N4OS. The number of anilines is 2. The molecule has 0 bridgehead atoms. The molecule has 0 aromatic carbocycles. The minimum Gasteiger partial charge on any atom is -0.490 e. The first-order chi connectivity index (χ1) is 7.74. The van der Waals surface area contributed by atoms with Gasteiger partial charge in [-0.25, -0.2) is 9.97 Å². The van der Waals surface area contributed by atoms with E-state index in [0.29, 0.717) is 17.6 Å². The van der Waals surface area contributed by atoms with Crippen molar-refractivity contribution in [2.75, 3.05) is 36.3 Å². The topological polar surface area (TPSA) is 64.3 Å². The summed E-state index contributed by atoms with van der Waals surface area (Å²) >= 11 is 1.97. The summed E-state index contributed by atoms with van der Waals surface area (Å²) in [5.74, 6) is 4.08. The molecular weight excluding hydrogens is 224 g/mol. The van der Waals surface area contributed by atoms with Gasteiger partial charge >= 0.3 is 0 Å². The van der Waals surface area contributed by atoms with Gasteiger partial charge in [-0.1, -0.05) is 0 Å². The first-order valence-corrected chi connectivity index (χ1v) is 6.34. The van der Waals surface area contributed by atoms with Gasteiger partial charge in [0.1, 0.15) is 6.33 Å². The van der Waals surface area contributed by atoms with E-state index >= 15 is 0 Å². The average Bonchev–Trinajstić information content (AvgIpc) is 2.81. The lowest BCUT2D eigenvalue weighted by atomic mass is 10.2. The smallest absolute Gasteiger partial charge is 0.204 e. The van der Waals surface area contributed by atoms with Gasteiger partial charge in [-0.05, 0) is 12.2 Å². The molecule has 1 aromatic heterocycles. The molecule has 5 nitrogen and oxygen atoms in total. The molecule has 2 rings (SSSR count). The van der Waals surface area contributed by atoms with Crippen molar-refractivity contribution in [1.82, 2.24) is 9.97 Å². The summed E-state index contributed by atoms with van der Waals surface area (Å²) < 4.78 is 5.26. The number of nitrogen functional groups attached to an aromatic ring is 1. The van der Waals surface area contributed by atoms with Crippen molar-refractivity contribution in [1.29, 1.82) is 0 Å². The number of rotatable bonds is 3. The number of nitrogens with two attached hydrogens (primary N) is 1. The van der Waals surface area contributed by atoms with Gasteiger partial charge < -0.3 is 15.4 Å². The van der Waals surface area contributed by atoms with E-state index in [1.54, 1.807) is 7.11 Å². The number of aromatic nitrogens is 2. The van der Waals surface area contributed by atoms with Gasteiger partial charge in [0.2, 0.25) is 5.75 Å². The molecule has 2 heterocycles. The molecule has 2 N–H and O–H groups in total. The molecule has 1 atom stereocenters. The molecule has 0 spiro atoms. The highest BCUT2D eigenvalue weighted by Crippen LogP contribution is 2.33. The molecule has 0 radical (unpaired) electrons. The van der Waals surface area contributed by atoms with Crippen LogP contribution in [0.15, 0.2) is 6.33 Å². The van der Waals surface area contributed by atoms with Crippen LogP contribution >= 0.6 is 11.8 Å². The maximum absolute atomic E-state index is 5.76. The highest BCUT2D eigenvalue weighted by molar-refractivity contribution is 7.99. The van der Waals surface area contributed by atoms with E-state index in [4.69, 9.17) is 10.5 Å². The maximum Gasteiger partial charge on any atom is 0.204 e. The van der Waals surface area contributed by atoms with E-state index in [-0.39, 0.29) is 0 Å². The third-order valence-corrected chi connectivity index (χ3v) is 3.95. The van der Waals surface area contributed by atoms with Crippen LogP contribution in [-0.4, -0.2) is 41.7 Å². The molecule has 0 saturated carbocycles. The van der Waals surface area contributed by atoms with Crippen LogP contribution in [0, 0.1) is 0 Å². The Morgan fingerprint density at radius 3 is 3.00 bits per heavy atom. The molecule has 1 aliphatic rings. The number of hydrogen-bond acceptors (Lipinski definition) is 6. The van der Waals surface area contributed by atoms with Crippen molar-refractivity contribution in [2.24, 2.45) is 0 Å². The van der Waals surface area contributed by atoms with Gasteiger partial charge in [0.15, 0.2) is 11.6 Å². The van der Waals surface area contributed by atoms with E-state index in [1.807, 2.05) is 18.8 Å². The van der Waals surface area contributed by atoms with Crippen LogP contribution in [-0.2, 0) is 0 Å². The summed E-state index contributed by atoms with van der Waals surface area (Å²) in [6, 6.07) is 0.508. The largest absolute Gasteiger partial charge is 0.490 e. The van der Waals surface area contributed by atoms with E-state index < -0.39 is 0 Å². The van der Waals surface area contributed by atoms with E-state index in [9.17, 15) is 0 Å². The van der Waals surface area contributed by atoms with Crippen molar-refractivity contribution in [3.8, 4) is 5.75 Å². The van der Waals surface area contributed by atoms with Gasteiger partial charge in [0.05, 0.1) is 7.11 Å². The lowest BCUT2D eigenvalue weighted by molar-refractivity contribution is 0.412. The van der Waals surface area contributed by atoms with E-state index in [1.165, 1.54) is 18.5 Å². The van der Waals surface area contributed by atoms with Crippen molar-refractivity contribution in [2.45, 2.75) is 12.5 Å². The Morgan fingerprint density at radius 2 is 2.38 bits per heavy atom. The van der Waals surface area contributed by atoms with Crippen LogP contribution in [0.25, 0.3) is 0 Å². The molecule has 6 heteroatoms. The Labute approximate surface area is 99.4 Å². The minimum atomic E-state index is 0.394. The lowest BCUT2D eigenvalue weighted by Crippen LogP contribution is -2.32. The Morgan fingerprint density at radius 1 is 1.56 bits per heavy atom.